The van der Waals surface area contributed by atoms with Crippen LogP contribution in [0.25, 0.3) is 10.1 Å². The molecule has 2 heterocycles. The lowest BCUT2D eigenvalue weighted by Crippen LogP contribution is -1.89. The summed E-state index contributed by atoms with van der Waals surface area (Å²) >= 11 is 12.2. The van der Waals surface area contributed by atoms with Crippen LogP contribution in [0.2, 0.25) is 0 Å². The Morgan fingerprint density at radius 2 is 1.25 bits per heavy atom. The van der Waals surface area contributed by atoms with Crippen LogP contribution < -0.4 is 0 Å². The van der Waals surface area contributed by atoms with Crippen LogP contribution in [-0.2, 0) is 0 Å². The van der Waals surface area contributed by atoms with Gasteiger partial charge in [0.1, 0.15) is 12.7 Å². The fourth-order valence-corrected chi connectivity index (χ4v) is 1.48. The van der Waals surface area contributed by atoms with Crippen molar-refractivity contribution < 1.29 is 0 Å². The van der Waals surface area contributed by atoms with Gasteiger partial charge in [0, 0.05) is 12.4 Å². The van der Waals surface area contributed by atoms with E-state index in [2.05, 4.69) is 19.9 Å². The number of halogens is 2. The van der Waals surface area contributed by atoms with Crippen molar-refractivity contribution in [2.24, 2.45) is 0 Å². The topological polar surface area (TPSA) is 51.6 Å². The predicted octanol–water partition coefficient (Wildman–Crippen LogP) is 2.57. The average Bonchev–Trinajstić information content (AvgIpc) is 2.39. The molecule has 2 aromatic heterocycles. The molecule has 2 rings (SSSR count). The molecular formula is C10H6Cl2N4. The maximum atomic E-state index is 6.09. The molecule has 0 aliphatic rings. The van der Waals surface area contributed by atoms with Crippen molar-refractivity contribution >= 4 is 33.3 Å². The molecular weight excluding hydrogens is 247 g/mol. The van der Waals surface area contributed by atoms with Gasteiger partial charge in [0.25, 0.3) is 0 Å². The summed E-state index contributed by atoms with van der Waals surface area (Å²) in [6.07, 6.45) is 5.99. The van der Waals surface area contributed by atoms with Crippen molar-refractivity contribution in [3.63, 3.8) is 0 Å². The van der Waals surface area contributed by atoms with Gasteiger partial charge in [-0.05, 0) is 12.1 Å². The van der Waals surface area contributed by atoms with Crippen molar-refractivity contribution in [3.05, 3.63) is 48.6 Å². The molecule has 0 radical (unpaired) electrons. The number of nitrogens with zero attached hydrogens (tertiary/aromatic N) is 4. The quantitative estimate of drug-likeness (QED) is 0.825. The predicted molar refractivity (Wildman–Crippen MR) is 62.6 cm³/mol. The van der Waals surface area contributed by atoms with Crippen LogP contribution in [-0.4, -0.2) is 19.9 Å². The summed E-state index contributed by atoms with van der Waals surface area (Å²) in [6, 6.07) is 3.35. The standard InChI is InChI=1S/C10H6Cl2N4/c11-9(7-1-3-13-5-15-7)10(12)8-2-4-14-6-16-8/h1-6H. The third kappa shape index (κ3) is 2.35. The molecule has 0 fully saturated rings. The first kappa shape index (κ1) is 11.0. The molecule has 0 aliphatic heterocycles. The molecule has 4 nitrogen and oxygen atoms in total. The summed E-state index contributed by atoms with van der Waals surface area (Å²) < 4.78 is 0. The smallest absolute Gasteiger partial charge is 0.116 e. The Balaban J connectivity index is 2.43. The zero-order valence-electron chi connectivity index (χ0n) is 8.01. The summed E-state index contributed by atoms with van der Waals surface area (Å²) in [5, 5.41) is 0.672. The number of rotatable bonds is 2. The van der Waals surface area contributed by atoms with E-state index in [1.54, 1.807) is 24.5 Å². The van der Waals surface area contributed by atoms with Crippen LogP contribution in [0.3, 0.4) is 0 Å². The highest BCUT2D eigenvalue weighted by Crippen LogP contribution is 2.29. The van der Waals surface area contributed by atoms with Gasteiger partial charge < -0.3 is 0 Å². The molecule has 0 aromatic carbocycles. The van der Waals surface area contributed by atoms with Crippen molar-refractivity contribution in [2.75, 3.05) is 0 Å². The van der Waals surface area contributed by atoms with Crippen LogP contribution in [0.5, 0.6) is 0 Å². The molecule has 0 saturated carbocycles. The van der Waals surface area contributed by atoms with E-state index in [1.807, 2.05) is 0 Å². The van der Waals surface area contributed by atoms with E-state index in [9.17, 15) is 0 Å². The molecule has 0 N–H and O–H groups in total. The van der Waals surface area contributed by atoms with Crippen LogP contribution >= 0.6 is 23.2 Å². The molecule has 16 heavy (non-hydrogen) atoms. The van der Waals surface area contributed by atoms with Crippen LogP contribution in [0, 0.1) is 0 Å². The third-order valence-electron chi connectivity index (χ3n) is 1.81. The summed E-state index contributed by atoms with van der Waals surface area (Å²) in [6.45, 7) is 0. The largest absolute Gasteiger partial charge is 0.245 e. The van der Waals surface area contributed by atoms with E-state index in [1.165, 1.54) is 12.7 Å². The first-order valence-electron chi connectivity index (χ1n) is 4.37. The summed E-state index contributed by atoms with van der Waals surface area (Å²) in [7, 11) is 0. The second-order valence-corrected chi connectivity index (χ2v) is 3.57. The Bertz CT molecular complexity index is 451. The maximum absolute atomic E-state index is 6.09. The highest BCUT2D eigenvalue weighted by molar-refractivity contribution is 6.65. The molecule has 0 bridgehead atoms. The Hall–Kier alpha value is -1.52. The summed E-state index contributed by atoms with van der Waals surface area (Å²) in [4.78, 5) is 15.6. The second kappa shape index (κ2) is 5.01. The molecule has 0 saturated heterocycles. The number of hydrogen-bond donors (Lipinski definition) is 0. The first-order chi connectivity index (χ1) is 7.79. The van der Waals surface area contributed by atoms with Gasteiger partial charge in [-0.25, -0.2) is 19.9 Å². The molecule has 80 valence electrons. The molecule has 0 unspecified atom stereocenters. The SMILES string of the molecule is ClC(=C(Cl)c1ccncn1)c1ccncn1. The van der Waals surface area contributed by atoms with Gasteiger partial charge in [0.05, 0.1) is 21.5 Å². The van der Waals surface area contributed by atoms with Gasteiger partial charge in [0.2, 0.25) is 0 Å². The van der Waals surface area contributed by atoms with Gasteiger partial charge in [-0.3, -0.25) is 0 Å². The number of hydrogen-bond acceptors (Lipinski definition) is 4. The Morgan fingerprint density at radius 1 is 0.812 bits per heavy atom. The van der Waals surface area contributed by atoms with Gasteiger partial charge in [-0.1, -0.05) is 23.2 Å². The van der Waals surface area contributed by atoms with Gasteiger partial charge in [-0.2, -0.15) is 0 Å². The Kier molecular flexibility index (Phi) is 3.44. The van der Waals surface area contributed by atoms with E-state index in [-0.39, 0.29) is 0 Å². The van der Waals surface area contributed by atoms with Gasteiger partial charge >= 0.3 is 0 Å². The molecule has 0 spiro atoms. The minimum atomic E-state index is 0.336. The van der Waals surface area contributed by atoms with Crippen LogP contribution in [0.1, 0.15) is 11.4 Å². The highest BCUT2D eigenvalue weighted by atomic mass is 35.5. The molecule has 6 heteroatoms. The first-order valence-corrected chi connectivity index (χ1v) is 5.12. The lowest BCUT2D eigenvalue weighted by atomic mass is 10.3. The van der Waals surface area contributed by atoms with E-state index >= 15 is 0 Å². The zero-order valence-corrected chi connectivity index (χ0v) is 9.52. The molecule has 0 atom stereocenters. The zero-order chi connectivity index (χ0) is 11.4. The summed E-state index contributed by atoms with van der Waals surface area (Å²) in [5.74, 6) is 0. The van der Waals surface area contributed by atoms with Crippen molar-refractivity contribution in [2.45, 2.75) is 0 Å². The van der Waals surface area contributed by atoms with E-state index in [0.717, 1.165) is 0 Å². The van der Waals surface area contributed by atoms with Crippen LogP contribution in [0.4, 0.5) is 0 Å². The minimum absolute atomic E-state index is 0.336. The number of aromatic nitrogens is 4. The average molecular weight is 253 g/mol. The lowest BCUT2D eigenvalue weighted by Gasteiger charge is -2.01. The molecule has 2 aromatic rings. The minimum Gasteiger partial charge on any atom is -0.245 e. The van der Waals surface area contributed by atoms with E-state index < -0.39 is 0 Å². The monoisotopic (exact) mass is 252 g/mol. The third-order valence-corrected chi connectivity index (χ3v) is 2.67. The fraction of sp³-hybridized carbons (Fsp3) is 0. The van der Waals surface area contributed by atoms with Crippen molar-refractivity contribution in [1.82, 2.24) is 19.9 Å². The van der Waals surface area contributed by atoms with E-state index in [0.29, 0.717) is 21.5 Å². The van der Waals surface area contributed by atoms with Crippen molar-refractivity contribution in [3.8, 4) is 0 Å². The second-order valence-electron chi connectivity index (χ2n) is 2.82. The highest BCUT2D eigenvalue weighted by Gasteiger charge is 2.09. The lowest BCUT2D eigenvalue weighted by molar-refractivity contribution is 1.14. The Morgan fingerprint density at radius 3 is 1.56 bits per heavy atom. The van der Waals surface area contributed by atoms with Crippen LogP contribution in [0.15, 0.2) is 37.2 Å². The normalized spacial score (nSPS) is 12.1. The molecule has 0 aliphatic carbocycles. The summed E-state index contributed by atoms with van der Waals surface area (Å²) in [5.41, 5.74) is 1.11. The van der Waals surface area contributed by atoms with Gasteiger partial charge in [0.15, 0.2) is 0 Å². The van der Waals surface area contributed by atoms with Crippen molar-refractivity contribution in [1.29, 1.82) is 0 Å². The fourth-order valence-electron chi connectivity index (χ4n) is 1.07. The van der Waals surface area contributed by atoms with Gasteiger partial charge in [-0.15, -0.1) is 0 Å². The molecule has 0 amide bonds. The van der Waals surface area contributed by atoms with E-state index in [4.69, 9.17) is 23.2 Å². The maximum Gasteiger partial charge on any atom is 0.116 e. The Labute approximate surface area is 102 Å².